The van der Waals surface area contributed by atoms with Crippen LogP contribution in [0.1, 0.15) is 24.8 Å². The van der Waals surface area contributed by atoms with Crippen LogP contribution in [-0.2, 0) is 9.53 Å². The van der Waals surface area contributed by atoms with E-state index in [1.807, 2.05) is 6.07 Å². The third-order valence-electron chi connectivity index (χ3n) is 5.56. The van der Waals surface area contributed by atoms with Gasteiger partial charge in [-0.2, -0.15) is 18.2 Å². The predicted octanol–water partition coefficient (Wildman–Crippen LogP) is 3.17. The summed E-state index contributed by atoms with van der Waals surface area (Å²) in [5.74, 6) is -0.793. The van der Waals surface area contributed by atoms with Crippen LogP contribution in [0.4, 0.5) is 30.8 Å². The molecule has 2 aromatic rings. The number of ether oxygens (including phenoxy) is 1. The number of aryl methyl sites for hydroxylation is 1. The quantitative estimate of drug-likeness (QED) is 0.766. The summed E-state index contributed by atoms with van der Waals surface area (Å²) in [6.07, 6.45) is -0.200. The van der Waals surface area contributed by atoms with Crippen molar-refractivity contribution in [3.05, 3.63) is 23.9 Å². The van der Waals surface area contributed by atoms with E-state index in [4.69, 9.17) is 14.7 Å². The molecule has 1 amide bonds. The van der Waals surface area contributed by atoms with Gasteiger partial charge in [0.1, 0.15) is 11.6 Å². The van der Waals surface area contributed by atoms with E-state index >= 15 is 0 Å². The average molecular weight is 450 g/mol. The lowest BCUT2D eigenvalue weighted by molar-refractivity contribution is -0.167. The molecule has 0 atom stereocenters. The van der Waals surface area contributed by atoms with Crippen molar-refractivity contribution in [2.75, 3.05) is 54.5 Å². The second kappa shape index (κ2) is 9.27. The summed E-state index contributed by atoms with van der Waals surface area (Å²) in [6.45, 7) is 6.18. The lowest BCUT2D eigenvalue weighted by atomic mass is 10.1. The Hall–Kier alpha value is -2.95. The Labute approximate surface area is 183 Å². The van der Waals surface area contributed by atoms with Crippen LogP contribution in [0.25, 0.3) is 11.3 Å². The van der Waals surface area contributed by atoms with Gasteiger partial charge in [0.05, 0.1) is 18.9 Å². The number of anilines is 3. The smallest absolute Gasteiger partial charge is 0.378 e. The molecule has 4 rings (SSSR count). The Morgan fingerprint density at radius 1 is 1.03 bits per heavy atom. The molecule has 11 heteroatoms. The zero-order valence-corrected chi connectivity index (χ0v) is 17.8. The highest BCUT2D eigenvalue weighted by molar-refractivity contribution is 5.94. The maximum absolute atomic E-state index is 12.5. The van der Waals surface area contributed by atoms with Gasteiger partial charge in [-0.3, -0.25) is 4.79 Å². The summed E-state index contributed by atoms with van der Waals surface area (Å²) < 4.78 is 43.1. The Kier molecular flexibility index (Phi) is 6.45. The first-order chi connectivity index (χ1) is 15.3. The molecule has 0 aromatic carbocycles. The van der Waals surface area contributed by atoms with Crippen molar-refractivity contribution in [3.63, 3.8) is 0 Å². The molecule has 0 radical (unpaired) electrons. The standard InChI is InChI=1S/C21H25F3N6O2/c1-14-11-17(27-19(31)21(22,23)24)25-13-15(14)16-12-18(29-7-9-32-10-8-29)28-20(26-16)30-5-3-2-4-6-30/h11-13H,2-10H2,1H3,(H,25,27,31). The average Bonchev–Trinajstić information content (AvgIpc) is 2.79. The number of pyridine rings is 1. The summed E-state index contributed by atoms with van der Waals surface area (Å²) in [6, 6.07) is 3.28. The number of alkyl halides is 3. The third kappa shape index (κ3) is 5.09. The molecule has 2 aromatic heterocycles. The Balaban J connectivity index is 1.67. The van der Waals surface area contributed by atoms with Gasteiger partial charge in [0.25, 0.3) is 0 Å². The summed E-state index contributed by atoms with van der Waals surface area (Å²) >= 11 is 0. The van der Waals surface area contributed by atoms with E-state index in [9.17, 15) is 18.0 Å². The normalized spacial score (nSPS) is 17.4. The molecule has 2 aliphatic heterocycles. The highest BCUT2D eigenvalue weighted by Crippen LogP contribution is 2.29. The van der Waals surface area contributed by atoms with Crippen LogP contribution in [0, 0.1) is 6.92 Å². The molecule has 0 unspecified atom stereocenters. The van der Waals surface area contributed by atoms with Crippen molar-refractivity contribution >= 4 is 23.5 Å². The number of halogens is 3. The first kappa shape index (κ1) is 22.3. The number of hydrogen-bond acceptors (Lipinski definition) is 7. The molecule has 2 saturated heterocycles. The maximum atomic E-state index is 12.5. The van der Waals surface area contributed by atoms with E-state index < -0.39 is 12.1 Å². The molecule has 2 fully saturated rings. The molecule has 0 bridgehead atoms. The predicted molar refractivity (Wildman–Crippen MR) is 114 cm³/mol. The number of nitrogens with zero attached hydrogens (tertiary/aromatic N) is 5. The molecule has 0 saturated carbocycles. The number of nitrogens with one attached hydrogen (secondary N) is 1. The second-order valence-electron chi connectivity index (χ2n) is 7.89. The molecule has 0 aliphatic carbocycles. The van der Waals surface area contributed by atoms with E-state index in [-0.39, 0.29) is 5.82 Å². The zero-order valence-electron chi connectivity index (χ0n) is 17.8. The van der Waals surface area contributed by atoms with Crippen molar-refractivity contribution in [1.82, 2.24) is 15.0 Å². The van der Waals surface area contributed by atoms with E-state index in [1.54, 1.807) is 12.2 Å². The number of carbonyl (C=O) groups excluding carboxylic acids is 1. The minimum absolute atomic E-state index is 0.160. The lowest BCUT2D eigenvalue weighted by Gasteiger charge is -2.31. The summed E-state index contributed by atoms with van der Waals surface area (Å²) in [5.41, 5.74) is 1.96. The van der Waals surface area contributed by atoms with Crippen LogP contribution in [0.3, 0.4) is 0 Å². The van der Waals surface area contributed by atoms with Gasteiger partial charge < -0.3 is 19.9 Å². The van der Waals surface area contributed by atoms with Crippen LogP contribution in [0.15, 0.2) is 18.3 Å². The van der Waals surface area contributed by atoms with Crippen molar-refractivity contribution < 1.29 is 22.7 Å². The monoisotopic (exact) mass is 450 g/mol. The van der Waals surface area contributed by atoms with Crippen molar-refractivity contribution in [3.8, 4) is 11.3 Å². The lowest BCUT2D eigenvalue weighted by Crippen LogP contribution is -2.37. The van der Waals surface area contributed by atoms with Crippen molar-refractivity contribution in [2.24, 2.45) is 0 Å². The van der Waals surface area contributed by atoms with Gasteiger partial charge in [-0.05, 0) is 37.8 Å². The number of hydrogen-bond donors (Lipinski definition) is 1. The Morgan fingerprint density at radius 3 is 2.41 bits per heavy atom. The number of amides is 1. The second-order valence-corrected chi connectivity index (χ2v) is 7.89. The van der Waals surface area contributed by atoms with Crippen molar-refractivity contribution in [2.45, 2.75) is 32.4 Å². The molecule has 2 aliphatic rings. The largest absolute Gasteiger partial charge is 0.471 e. The first-order valence-electron chi connectivity index (χ1n) is 10.6. The van der Waals surface area contributed by atoms with Gasteiger partial charge in [0.15, 0.2) is 0 Å². The van der Waals surface area contributed by atoms with Gasteiger partial charge in [-0.15, -0.1) is 0 Å². The SMILES string of the molecule is Cc1cc(NC(=O)C(F)(F)F)ncc1-c1cc(N2CCOCC2)nc(N2CCCCC2)n1. The molecular formula is C21H25F3N6O2. The van der Waals surface area contributed by atoms with Crippen LogP contribution in [0.2, 0.25) is 0 Å². The van der Waals surface area contributed by atoms with Crippen LogP contribution < -0.4 is 15.1 Å². The number of morpholine rings is 1. The van der Waals surface area contributed by atoms with Gasteiger partial charge in [0.2, 0.25) is 5.95 Å². The topological polar surface area (TPSA) is 83.5 Å². The Bertz CT molecular complexity index is 936. The number of carbonyl (C=O) groups is 1. The summed E-state index contributed by atoms with van der Waals surface area (Å²) in [5, 5.41) is 1.79. The molecule has 32 heavy (non-hydrogen) atoms. The number of piperidine rings is 1. The van der Waals surface area contributed by atoms with Crippen LogP contribution >= 0.6 is 0 Å². The van der Waals surface area contributed by atoms with Crippen LogP contribution in [0.5, 0.6) is 0 Å². The summed E-state index contributed by atoms with van der Waals surface area (Å²) in [4.78, 5) is 29.1. The Morgan fingerprint density at radius 2 is 1.75 bits per heavy atom. The number of aromatic nitrogens is 3. The zero-order chi connectivity index (χ0) is 22.7. The molecule has 172 valence electrons. The molecule has 4 heterocycles. The fourth-order valence-electron chi connectivity index (χ4n) is 3.83. The van der Waals surface area contributed by atoms with E-state index in [2.05, 4.69) is 14.8 Å². The van der Waals surface area contributed by atoms with Gasteiger partial charge in [-0.1, -0.05) is 0 Å². The first-order valence-corrected chi connectivity index (χ1v) is 10.6. The molecule has 8 nitrogen and oxygen atoms in total. The molecular weight excluding hydrogens is 425 g/mol. The minimum Gasteiger partial charge on any atom is -0.378 e. The fraction of sp³-hybridized carbons (Fsp3) is 0.524. The number of rotatable bonds is 4. The minimum atomic E-state index is -4.97. The van der Waals surface area contributed by atoms with Crippen LogP contribution in [-0.4, -0.2) is 66.4 Å². The third-order valence-corrected chi connectivity index (χ3v) is 5.56. The van der Waals surface area contributed by atoms with E-state index in [1.165, 1.54) is 18.7 Å². The van der Waals surface area contributed by atoms with Crippen molar-refractivity contribution in [1.29, 1.82) is 0 Å². The molecule has 0 spiro atoms. The van der Waals surface area contributed by atoms with E-state index in [0.29, 0.717) is 36.0 Å². The van der Waals surface area contributed by atoms with Gasteiger partial charge >= 0.3 is 12.1 Å². The maximum Gasteiger partial charge on any atom is 0.471 e. The highest BCUT2D eigenvalue weighted by Gasteiger charge is 2.39. The molecule has 1 N–H and O–H groups in total. The van der Waals surface area contributed by atoms with E-state index in [0.717, 1.165) is 44.8 Å². The van der Waals surface area contributed by atoms with Gasteiger partial charge in [-0.25, -0.2) is 9.97 Å². The highest BCUT2D eigenvalue weighted by atomic mass is 19.4. The summed E-state index contributed by atoms with van der Waals surface area (Å²) in [7, 11) is 0. The fourth-order valence-corrected chi connectivity index (χ4v) is 3.83. The van der Waals surface area contributed by atoms with Gasteiger partial charge in [0, 0.05) is 44.0 Å².